The van der Waals surface area contributed by atoms with E-state index in [1.807, 2.05) is 30.3 Å². The molecule has 1 aliphatic rings. The fourth-order valence-electron chi connectivity index (χ4n) is 2.36. The maximum atomic E-state index is 10.9. The van der Waals surface area contributed by atoms with Gasteiger partial charge in [0.05, 0.1) is 12.1 Å². The molecule has 0 amide bonds. The number of ether oxygens (including phenoxy) is 1. The summed E-state index contributed by atoms with van der Waals surface area (Å²) in [4.78, 5) is 15.0. The second kappa shape index (κ2) is 4.96. The molecule has 6 nitrogen and oxygen atoms in total. The summed E-state index contributed by atoms with van der Waals surface area (Å²) in [7, 11) is 0. The SMILES string of the molecule is O=C(O)CC1(Oc2ncn(-c3ccccc3)n2)CCC1. The molecule has 1 heterocycles. The van der Waals surface area contributed by atoms with Crippen LogP contribution in [-0.2, 0) is 4.79 Å². The monoisotopic (exact) mass is 273 g/mol. The molecule has 0 unspecified atom stereocenters. The number of aromatic nitrogens is 3. The lowest BCUT2D eigenvalue weighted by atomic mass is 9.77. The van der Waals surface area contributed by atoms with Crippen molar-refractivity contribution in [3.63, 3.8) is 0 Å². The fraction of sp³-hybridized carbons (Fsp3) is 0.357. The molecule has 0 radical (unpaired) electrons. The first-order valence-electron chi connectivity index (χ1n) is 6.55. The second-order valence-corrected chi connectivity index (χ2v) is 5.02. The molecule has 0 spiro atoms. The molecule has 1 aromatic carbocycles. The van der Waals surface area contributed by atoms with Crippen molar-refractivity contribution < 1.29 is 14.6 Å². The van der Waals surface area contributed by atoms with E-state index in [1.54, 1.807) is 11.0 Å². The third-order valence-electron chi connectivity index (χ3n) is 3.54. The van der Waals surface area contributed by atoms with Gasteiger partial charge in [-0.05, 0) is 31.4 Å². The molecule has 0 atom stereocenters. The number of para-hydroxylation sites is 1. The van der Waals surface area contributed by atoms with Crippen molar-refractivity contribution in [2.24, 2.45) is 0 Å². The molecule has 3 rings (SSSR count). The Kier molecular flexibility index (Phi) is 3.14. The number of aliphatic carboxylic acids is 1. The first-order valence-corrected chi connectivity index (χ1v) is 6.55. The quantitative estimate of drug-likeness (QED) is 0.902. The van der Waals surface area contributed by atoms with Crippen molar-refractivity contribution in [3.05, 3.63) is 36.7 Å². The number of nitrogens with zero attached hydrogens (tertiary/aromatic N) is 3. The van der Waals surface area contributed by atoms with Gasteiger partial charge in [0.2, 0.25) is 0 Å². The molecular weight excluding hydrogens is 258 g/mol. The highest BCUT2D eigenvalue weighted by Crippen LogP contribution is 2.38. The van der Waals surface area contributed by atoms with Crippen LogP contribution in [0.4, 0.5) is 0 Å². The standard InChI is InChI=1S/C14H15N3O3/c18-12(19)9-14(7-4-8-14)20-13-15-10-17(16-13)11-5-2-1-3-6-11/h1-3,5-6,10H,4,7-9H2,(H,18,19). The van der Waals surface area contributed by atoms with E-state index < -0.39 is 11.6 Å². The third kappa shape index (κ3) is 2.49. The summed E-state index contributed by atoms with van der Waals surface area (Å²) < 4.78 is 7.34. The highest BCUT2D eigenvalue weighted by atomic mass is 16.5. The van der Waals surface area contributed by atoms with E-state index in [0.29, 0.717) is 0 Å². The Hall–Kier alpha value is -2.37. The van der Waals surface area contributed by atoms with Crippen LogP contribution in [0.25, 0.3) is 5.69 Å². The van der Waals surface area contributed by atoms with E-state index in [1.165, 1.54) is 0 Å². The summed E-state index contributed by atoms with van der Waals surface area (Å²) >= 11 is 0. The Morgan fingerprint density at radius 2 is 2.10 bits per heavy atom. The van der Waals surface area contributed by atoms with E-state index in [4.69, 9.17) is 9.84 Å². The molecular formula is C14H15N3O3. The van der Waals surface area contributed by atoms with Gasteiger partial charge in [-0.3, -0.25) is 4.79 Å². The van der Waals surface area contributed by atoms with Gasteiger partial charge < -0.3 is 9.84 Å². The topological polar surface area (TPSA) is 77.2 Å². The Morgan fingerprint density at radius 1 is 1.35 bits per heavy atom. The third-order valence-corrected chi connectivity index (χ3v) is 3.54. The van der Waals surface area contributed by atoms with E-state index in [2.05, 4.69) is 10.1 Å². The first-order chi connectivity index (χ1) is 9.67. The minimum absolute atomic E-state index is 0.00707. The summed E-state index contributed by atoms with van der Waals surface area (Å²) in [5, 5.41) is 13.2. The lowest BCUT2D eigenvalue weighted by Crippen LogP contribution is -2.45. The summed E-state index contributed by atoms with van der Waals surface area (Å²) in [5.41, 5.74) is 0.255. The molecule has 6 heteroatoms. The van der Waals surface area contributed by atoms with Crippen molar-refractivity contribution in [3.8, 4) is 11.7 Å². The van der Waals surface area contributed by atoms with Crippen LogP contribution in [-0.4, -0.2) is 31.4 Å². The first kappa shape index (κ1) is 12.7. The predicted molar refractivity (Wildman–Crippen MR) is 70.8 cm³/mol. The van der Waals surface area contributed by atoms with E-state index >= 15 is 0 Å². The maximum Gasteiger partial charge on any atom is 0.336 e. The van der Waals surface area contributed by atoms with Gasteiger partial charge in [0.25, 0.3) is 0 Å². The molecule has 1 saturated carbocycles. The summed E-state index contributed by atoms with van der Waals surface area (Å²) in [5.74, 6) is -0.854. The van der Waals surface area contributed by atoms with Crippen LogP contribution in [0.2, 0.25) is 0 Å². The Morgan fingerprint density at radius 3 is 2.70 bits per heavy atom. The number of carbonyl (C=O) groups is 1. The van der Waals surface area contributed by atoms with Gasteiger partial charge in [-0.25, -0.2) is 4.68 Å². The van der Waals surface area contributed by atoms with Gasteiger partial charge in [0.15, 0.2) is 0 Å². The molecule has 104 valence electrons. The summed E-state index contributed by atoms with van der Waals surface area (Å²) in [6, 6.07) is 9.80. The predicted octanol–water partition coefficient (Wildman–Crippen LogP) is 2.04. The van der Waals surface area contributed by atoms with E-state index in [0.717, 1.165) is 24.9 Å². The second-order valence-electron chi connectivity index (χ2n) is 5.02. The average molecular weight is 273 g/mol. The van der Waals surface area contributed by atoms with Gasteiger partial charge in [0, 0.05) is 0 Å². The van der Waals surface area contributed by atoms with Crippen molar-refractivity contribution in [2.45, 2.75) is 31.3 Å². The average Bonchev–Trinajstić information content (AvgIpc) is 2.85. The molecule has 1 N–H and O–H groups in total. The van der Waals surface area contributed by atoms with Crippen LogP contribution in [0, 0.1) is 0 Å². The molecule has 1 aromatic heterocycles. The van der Waals surface area contributed by atoms with Crippen LogP contribution in [0.15, 0.2) is 36.7 Å². The van der Waals surface area contributed by atoms with Crippen LogP contribution in [0.5, 0.6) is 6.01 Å². The number of benzene rings is 1. The smallest absolute Gasteiger partial charge is 0.336 e. The zero-order chi connectivity index (χ0) is 14.0. The largest absolute Gasteiger partial charge is 0.481 e. The lowest BCUT2D eigenvalue weighted by Gasteiger charge is -2.39. The van der Waals surface area contributed by atoms with Gasteiger partial charge in [-0.1, -0.05) is 18.2 Å². The normalized spacial score (nSPS) is 16.4. The van der Waals surface area contributed by atoms with Crippen LogP contribution in [0.1, 0.15) is 25.7 Å². The Bertz CT molecular complexity index is 605. The Balaban J connectivity index is 1.76. The van der Waals surface area contributed by atoms with Crippen LogP contribution in [0.3, 0.4) is 0 Å². The minimum Gasteiger partial charge on any atom is -0.481 e. The minimum atomic E-state index is -0.854. The zero-order valence-corrected chi connectivity index (χ0v) is 10.9. The number of hydrogen-bond donors (Lipinski definition) is 1. The number of rotatable bonds is 5. The highest BCUT2D eigenvalue weighted by Gasteiger charge is 2.42. The molecule has 0 saturated heterocycles. The molecule has 1 aliphatic carbocycles. The molecule has 2 aromatic rings. The van der Waals surface area contributed by atoms with Crippen LogP contribution < -0.4 is 4.74 Å². The van der Waals surface area contributed by atoms with E-state index in [9.17, 15) is 4.79 Å². The van der Waals surface area contributed by atoms with Crippen molar-refractivity contribution in [1.29, 1.82) is 0 Å². The van der Waals surface area contributed by atoms with Crippen molar-refractivity contribution >= 4 is 5.97 Å². The highest BCUT2D eigenvalue weighted by molar-refractivity contribution is 5.68. The van der Waals surface area contributed by atoms with Gasteiger partial charge in [-0.2, -0.15) is 4.98 Å². The number of hydrogen-bond acceptors (Lipinski definition) is 4. The van der Waals surface area contributed by atoms with Gasteiger partial charge in [-0.15, -0.1) is 5.10 Å². The Labute approximate surface area is 116 Å². The number of carboxylic acid groups (broad SMARTS) is 1. The summed E-state index contributed by atoms with van der Waals surface area (Å²) in [6.45, 7) is 0. The van der Waals surface area contributed by atoms with Crippen molar-refractivity contribution in [2.75, 3.05) is 0 Å². The molecule has 20 heavy (non-hydrogen) atoms. The fourth-order valence-corrected chi connectivity index (χ4v) is 2.36. The maximum absolute atomic E-state index is 10.9. The van der Waals surface area contributed by atoms with Gasteiger partial charge >= 0.3 is 12.0 Å². The molecule has 0 aliphatic heterocycles. The molecule has 0 bridgehead atoms. The zero-order valence-electron chi connectivity index (χ0n) is 10.9. The number of carboxylic acids is 1. The van der Waals surface area contributed by atoms with Crippen molar-refractivity contribution in [1.82, 2.24) is 14.8 Å². The lowest BCUT2D eigenvalue weighted by molar-refractivity contribution is -0.144. The summed E-state index contributed by atoms with van der Waals surface area (Å²) in [6.07, 6.45) is 4.01. The molecule has 1 fully saturated rings. The van der Waals surface area contributed by atoms with E-state index in [-0.39, 0.29) is 12.4 Å². The van der Waals surface area contributed by atoms with Crippen LogP contribution >= 0.6 is 0 Å². The van der Waals surface area contributed by atoms with Gasteiger partial charge in [0.1, 0.15) is 11.9 Å².